The Morgan fingerprint density at radius 1 is 1.40 bits per heavy atom. The van der Waals surface area contributed by atoms with Gasteiger partial charge in [-0.25, -0.2) is 4.98 Å². The van der Waals surface area contributed by atoms with Crippen LogP contribution in [-0.2, 0) is 6.54 Å². The first-order valence-electron chi connectivity index (χ1n) is 5.89. The number of hydrogen-bond donors (Lipinski definition) is 1. The number of benzene rings is 1. The molecule has 6 heteroatoms. The SMILES string of the molecule is CN(Cc1ccccc1Br)C(=O)c1cc(N)nc(Cl)c1. The van der Waals surface area contributed by atoms with Gasteiger partial charge in [0.05, 0.1) is 0 Å². The highest BCUT2D eigenvalue weighted by molar-refractivity contribution is 9.10. The third-order valence-electron chi connectivity index (χ3n) is 2.77. The van der Waals surface area contributed by atoms with Crippen molar-refractivity contribution in [3.05, 3.63) is 57.2 Å². The lowest BCUT2D eigenvalue weighted by atomic mass is 10.2. The van der Waals surface area contributed by atoms with Crippen molar-refractivity contribution in [3.63, 3.8) is 0 Å². The van der Waals surface area contributed by atoms with Gasteiger partial charge in [0.2, 0.25) is 0 Å². The average molecular weight is 355 g/mol. The Morgan fingerprint density at radius 3 is 2.75 bits per heavy atom. The zero-order chi connectivity index (χ0) is 14.7. The van der Waals surface area contributed by atoms with Crippen LogP contribution in [0.15, 0.2) is 40.9 Å². The first-order chi connectivity index (χ1) is 9.47. The van der Waals surface area contributed by atoms with E-state index in [2.05, 4.69) is 20.9 Å². The number of rotatable bonds is 3. The summed E-state index contributed by atoms with van der Waals surface area (Å²) in [5, 5.41) is 0.211. The standard InChI is InChI=1S/C14H13BrClN3O/c1-19(8-9-4-2-3-5-11(9)15)14(20)10-6-12(16)18-13(17)7-10/h2-7H,8H2,1H3,(H2,17,18). The van der Waals surface area contributed by atoms with E-state index in [9.17, 15) is 4.79 Å². The molecule has 0 radical (unpaired) electrons. The molecule has 1 amide bonds. The van der Waals surface area contributed by atoms with Gasteiger partial charge < -0.3 is 10.6 Å². The van der Waals surface area contributed by atoms with Gasteiger partial charge in [0.15, 0.2) is 0 Å². The van der Waals surface area contributed by atoms with Crippen LogP contribution in [-0.4, -0.2) is 22.8 Å². The molecule has 0 saturated heterocycles. The van der Waals surface area contributed by atoms with Crippen LogP contribution < -0.4 is 5.73 Å². The molecular weight excluding hydrogens is 342 g/mol. The van der Waals surface area contributed by atoms with Crippen molar-refractivity contribution >= 4 is 39.3 Å². The lowest BCUT2D eigenvalue weighted by Gasteiger charge is -2.18. The number of carbonyl (C=O) groups is 1. The van der Waals surface area contributed by atoms with E-state index in [-0.39, 0.29) is 16.9 Å². The van der Waals surface area contributed by atoms with Crippen LogP contribution in [0.2, 0.25) is 5.15 Å². The van der Waals surface area contributed by atoms with Gasteiger partial charge in [0.25, 0.3) is 5.91 Å². The van der Waals surface area contributed by atoms with Crippen molar-refractivity contribution in [1.82, 2.24) is 9.88 Å². The monoisotopic (exact) mass is 353 g/mol. The Morgan fingerprint density at radius 2 is 2.10 bits per heavy atom. The predicted octanol–water partition coefficient (Wildman–Crippen LogP) is 3.35. The molecule has 0 aliphatic heterocycles. The smallest absolute Gasteiger partial charge is 0.254 e. The second-order valence-corrected chi connectivity index (χ2v) is 5.60. The van der Waals surface area contributed by atoms with Gasteiger partial charge in [-0.1, -0.05) is 45.7 Å². The Hall–Kier alpha value is -1.59. The maximum Gasteiger partial charge on any atom is 0.254 e. The van der Waals surface area contributed by atoms with Crippen molar-refractivity contribution in [3.8, 4) is 0 Å². The molecule has 0 aliphatic rings. The predicted molar refractivity (Wildman–Crippen MR) is 83.6 cm³/mol. The average Bonchev–Trinajstić information content (AvgIpc) is 2.39. The fourth-order valence-electron chi connectivity index (χ4n) is 1.81. The minimum absolute atomic E-state index is 0.156. The zero-order valence-corrected chi connectivity index (χ0v) is 13.1. The number of hydrogen-bond acceptors (Lipinski definition) is 3. The maximum absolute atomic E-state index is 12.3. The van der Waals surface area contributed by atoms with Crippen LogP contribution in [0.4, 0.5) is 5.82 Å². The fraction of sp³-hybridized carbons (Fsp3) is 0.143. The molecule has 0 spiro atoms. The molecule has 2 aromatic rings. The summed E-state index contributed by atoms with van der Waals surface area (Å²) in [6, 6.07) is 10.8. The second kappa shape index (κ2) is 6.24. The number of halogens is 2. The van der Waals surface area contributed by atoms with Crippen molar-refractivity contribution in [2.24, 2.45) is 0 Å². The van der Waals surface area contributed by atoms with E-state index in [1.807, 2.05) is 24.3 Å². The van der Waals surface area contributed by atoms with Gasteiger partial charge >= 0.3 is 0 Å². The zero-order valence-electron chi connectivity index (χ0n) is 10.8. The Labute approximate surface area is 130 Å². The number of carbonyl (C=O) groups excluding carboxylic acids is 1. The van der Waals surface area contributed by atoms with E-state index >= 15 is 0 Å². The van der Waals surface area contributed by atoms with E-state index in [1.165, 1.54) is 12.1 Å². The van der Waals surface area contributed by atoms with Crippen molar-refractivity contribution in [1.29, 1.82) is 0 Å². The molecule has 104 valence electrons. The highest BCUT2D eigenvalue weighted by Gasteiger charge is 2.14. The summed E-state index contributed by atoms with van der Waals surface area (Å²) in [6.45, 7) is 0.486. The molecule has 1 heterocycles. The quantitative estimate of drug-likeness (QED) is 0.860. The molecule has 2 N–H and O–H groups in total. The number of nitrogens with two attached hydrogens (primary N) is 1. The Bertz CT molecular complexity index is 628. The van der Waals surface area contributed by atoms with Crippen LogP contribution >= 0.6 is 27.5 Å². The number of pyridine rings is 1. The number of nitrogen functional groups attached to an aromatic ring is 1. The van der Waals surface area contributed by atoms with Crippen LogP contribution in [0.3, 0.4) is 0 Å². The molecule has 0 atom stereocenters. The lowest BCUT2D eigenvalue weighted by Crippen LogP contribution is -2.26. The van der Waals surface area contributed by atoms with Crippen LogP contribution in [0.25, 0.3) is 0 Å². The molecule has 2 rings (SSSR count). The van der Waals surface area contributed by atoms with Gasteiger partial charge in [-0.3, -0.25) is 4.79 Å². The van der Waals surface area contributed by atoms with E-state index in [4.69, 9.17) is 17.3 Å². The van der Waals surface area contributed by atoms with Gasteiger partial charge in [-0.2, -0.15) is 0 Å². The highest BCUT2D eigenvalue weighted by Crippen LogP contribution is 2.19. The summed E-state index contributed by atoms with van der Waals surface area (Å²) in [4.78, 5) is 17.8. The molecular formula is C14H13BrClN3O. The molecule has 0 bridgehead atoms. The van der Waals surface area contributed by atoms with Crippen molar-refractivity contribution in [2.75, 3.05) is 12.8 Å². The molecule has 0 saturated carbocycles. The number of amides is 1. The van der Waals surface area contributed by atoms with Crippen LogP contribution in [0.5, 0.6) is 0 Å². The molecule has 4 nitrogen and oxygen atoms in total. The van der Waals surface area contributed by atoms with Gasteiger partial charge in [0, 0.05) is 23.6 Å². The fourth-order valence-corrected chi connectivity index (χ4v) is 2.44. The topological polar surface area (TPSA) is 59.2 Å². The summed E-state index contributed by atoms with van der Waals surface area (Å²) in [6.07, 6.45) is 0. The molecule has 0 aliphatic carbocycles. The maximum atomic E-state index is 12.3. The minimum Gasteiger partial charge on any atom is -0.384 e. The summed E-state index contributed by atoms with van der Waals surface area (Å²) >= 11 is 9.28. The third kappa shape index (κ3) is 3.49. The molecule has 0 fully saturated rings. The largest absolute Gasteiger partial charge is 0.384 e. The number of nitrogens with zero attached hydrogens (tertiary/aromatic N) is 2. The van der Waals surface area contributed by atoms with Crippen LogP contribution in [0.1, 0.15) is 15.9 Å². The van der Waals surface area contributed by atoms with Crippen LogP contribution in [0, 0.1) is 0 Å². The molecule has 0 unspecified atom stereocenters. The van der Waals surface area contributed by atoms with Crippen molar-refractivity contribution < 1.29 is 4.79 Å². The number of anilines is 1. The minimum atomic E-state index is -0.156. The number of aromatic nitrogens is 1. The normalized spacial score (nSPS) is 10.3. The summed E-state index contributed by atoms with van der Waals surface area (Å²) < 4.78 is 0.965. The highest BCUT2D eigenvalue weighted by atomic mass is 79.9. The van der Waals surface area contributed by atoms with E-state index in [0.717, 1.165) is 10.0 Å². The first kappa shape index (κ1) is 14.8. The molecule has 1 aromatic heterocycles. The first-order valence-corrected chi connectivity index (χ1v) is 7.06. The van der Waals surface area contributed by atoms with Crippen molar-refractivity contribution in [2.45, 2.75) is 6.54 Å². The molecule has 1 aromatic carbocycles. The van der Waals surface area contributed by atoms with E-state index < -0.39 is 0 Å². The Kier molecular flexibility index (Phi) is 4.62. The summed E-state index contributed by atoms with van der Waals surface area (Å²) in [5.41, 5.74) is 7.05. The third-order valence-corrected chi connectivity index (χ3v) is 3.74. The summed E-state index contributed by atoms with van der Waals surface area (Å²) in [5.74, 6) is 0.0758. The van der Waals surface area contributed by atoms with Gasteiger partial charge in [-0.15, -0.1) is 0 Å². The lowest BCUT2D eigenvalue weighted by molar-refractivity contribution is 0.0785. The van der Waals surface area contributed by atoms with E-state index in [0.29, 0.717) is 12.1 Å². The molecule has 20 heavy (non-hydrogen) atoms. The summed E-state index contributed by atoms with van der Waals surface area (Å²) in [7, 11) is 1.73. The van der Waals surface area contributed by atoms with E-state index in [1.54, 1.807) is 11.9 Å². The second-order valence-electron chi connectivity index (χ2n) is 4.36. The van der Waals surface area contributed by atoms with Gasteiger partial charge in [0.1, 0.15) is 11.0 Å². The van der Waals surface area contributed by atoms with Gasteiger partial charge in [-0.05, 0) is 23.8 Å². The Balaban J connectivity index is 2.18.